The third kappa shape index (κ3) is 6.08. The molecule has 8 nitrogen and oxygen atoms in total. The van der Waals surface area contributed by atoms with Gasteiger partial charge in [0.2, 0.25) is 0 Å². The maximum atomic E-state index is 5.96. The molecule has 2 aliphatic heterocycles. The first-order valence-electron chi connectivity index (χ1n) is 10.8. The van der Waals surface area contributed by atoms with Crippen LogP contribution in [0, 0.1) is 5.92 Å². The molecule has 1 aromatic heterocycles. The lowest BCUT2D eigenvalue weighted by molar-refractivity contribution is -0.0816. The van der Waals surface area contributed by atoms with Gasteiger partial charge >= 0.3 is 0 Å². The highest BCUT2D eigenvalue weighted by molar-refractivity contribution is 7.98. The second kappa shape index (κ2) is 11.2. The molecule has 2 aliphatic rings. The summed E-state index contributed by atoms with van der Waals surface area (Å²) >= 11 is 1.66. The van der Waals surface area contributed by atoms with E-state index < -0.39 is 0 Å². The van der Waals surface area contributed by atoms with Gasteiger partial charge < -0.3 is 24.3 Å². The molecule has 1 N–H and O–H groups in total. The lowest BCUT2D eigenvalue weighted by Crippen LogP contribution is -2.53. The molecule has 0 spiro atoms. The highest BCUT2D eigenvalue weighted by atomic mass is 32.2. The summed E-state index contributed by atoms with van der Waals surface area (Å²) in [6.45, 7) is 9.56. The van der Waals surface area contributed by atoms with E-state index in [1.165, 1.54) is 0 Å². The number of aryl methyl sites for hydroxylation is 1. The van der Waals surface area contributed by atoms with Gasteiger partial charge in [-0.25, -0.2) is 0 Å². The largest absolute Gasteiger partial charge is 0.375 e. The minimum Gasteiger partial charge on any atom is -0.375 e. The molecule has 29 heavy (non-hydrogen) atoms. The van der Waals surface area contributed by atoms with Crippen LogP contribution in [-0.4, -0.2) is 84.0 Å². The smallest absolute Gasteiger partial charge is 0.193 e. The molecule has 0 aromatic carbocycles. The minimum atomic E-state index is 0.143. The number of thioether (sulfide) groups is 1. The molecule has 9 heteroatoms. The first-order chi connectivity index (χ1) is 14.1. The van der Waals surface area contributed by atoms with Crippen LogP contribution in [0.5, 0.6) is 0 Å². The van der Waals surface area contributed by atoms with E-state index >= 15 is 0 Å². The number of aliphatic imine (C=N–C) groups is 1. The van der Waals surface area contributed by atoms with Crippen molar-refractivity contribution in [1.82, 2.24) is 25.0 Å². The Morgan fingerprint density at radius 2 is 2.10 bits per heavy atom. The Morgan fingerprint density at radius 1 is 1.28 bits per heavy atom. The zero-order chi connectivity index (χ0) is 20.6. The van der Waals surface area contributed by atoms with E-state index in [9.17, 15) is 0 Å². The van der Waals surface area contributed by atoms with Crippen LogP contribution in [-0.2, 0) is 22.4 Å². The number of aromatic nitrogens is 3. The Labute approximate surface area is 178 Å². The molecule has 0 radical (unpaired) electrons. The second-order valence-electron chi connectivity index (χ2n) is 8.09. The van der Waals surface area contributed by atoms with Crippen molar-refractivity contribution in [3.05, 3.63) is 5.82 Å². The number of hydrogen-bond acceptors (Lipinski definition) is 6. The van der Waals surface area contributed by atoms with Crippen molar-refractivity contribution in [2.24, 2.45) is 10.9 Å². The average Bonchev–Trinajstić information content (AvgIpc) is 3.38. The van der Waals surface area contributed by atoms with Crippen molar-refractivity contribution in [2.45, 2.75) is 63.4 Å². The molecule has 1 aromatic rings. The topological polar surface area (TPSA) is 76.8 Å². The van der Waals surface area contributed by atoms with Gasteiger partial charge in [-0.05, 0) is 31.4 Å². The molecule has 0 saturated carbocycles. The van der Waals surface area contributed by atoms with Crippen molar-refractivity contribution < 1.29 is 9.47 Å². The number of nitrogens with zero attached hydrogens (tertiary/aromatic N) is 5. The monoisotopic (exact) mass is 424 g/mol. The Bertz CT molecular complexity index is 659. The Kier molecular flexibility index (Phi) is 8.62. The van der Waals surface area contributed by atoms with Crippen molar-refractivity contribution in [3.63, 3.8) is 0 Å². The van der Waals surface area contributed by atoms with Crippen LogP contribution in [0.3, 0.4) is 0 Å². The van der Waals surface area contributed by atoms with Gasteiger partial charge in [-0.1, -0.05) is 25.6 Å². The highest BCUT2D eigenvalue weighted by Crippen LogP contribution is 2.21. The van der Waals surface area contributed by atoms with Gasteiger partial charge in [-0.3, -0.25) is 4.99 Å². The van der Waals surface area contributed by atoms with Crippen LogP contribution < -0.4 is 5.32 Å². The molecule has 2 atom stereocenters. The summed E-state index contributed by atoms with van der Waals surface area (Å²) < 4.78 is 14.0. The zero-order valence-corrected chi connectivity index (χ0v) is 19.1. The van der Waals surface area contributed by atoms with E-state index in [4.69, 9.17) is 9.47 Å². The van der Waals surface area contributed by atoms with E-state index in [0.717, 1.165) is 82.0 Å². The van der Waals surface area contributed by atoms with Crippen LogP contribution >= 0.6 is 11.8 Å². The third-order valence-electron chi connectivity index (χ3n) is 5.37. The van der Waals surface area contributed by atoms with Gasteiger partial charge in [0.25, 0.3) is 0 Å². The van der Waals surface area contributed by atoms with E-state index in [1.54, 1.807) is 11.8 Å². The fourth-order valence-corrected chi connectivity index (χ4v) is 4.49. The second-order valence-corrected chi connectivity index (χ2v) is 8.87. The number of hydrogen-bond donors (Lipinski definition) is 1. The summed E-state index contributed by atoms with van der Waals surface area (Å²) in [6, 6.07) is 0. The van der Waals surface area contributed by atoms with Crippen molar-refractivity contribution in [2.75, 3.05) is 46.2 Å². The van der Waals surface area contributed by atoms with Gasteiger partial charge in [-0.2, -0.15) is 0 Å². The molecule has 2 fully saturated rings. The molecule has 2 unspecified atom stereocenters. The van der Waals surface area contributed by atoms with E-state index in [2.05, 4.69) is 50.1 Å². The number of guanidine groups is 1. The third-order valence-corrected chi connectivity index (χ3v) is 6.04. The molecule has 3 heterocycles. The lowest BCUT2D eigenvalue weighted by atomic mass is 10.1. The predicted molar refractivity (Wildman–Crippen MR) is 117 cm³/mol. The molecule has 3 rings (SSSR count). The fourth-order valence-electron chi connectivity index (χ4n) is 3.97. The Morgan fingerprint density at radius 3 is 2.79 bits per heavy atom. The van der Waals surface area contributed by atoms with Crippen LogP contribution in [0.4, 0.5) is 0 Å². The first kappa shape index (κ1) is 22.4. The average molecular weight is 425 g/mol. The Balaban J connectivity index is 1.47. The summed E-state index contributed by atoms with van der Waals surface area (Å²) in [5.41, 5.74) is 0. The number of nitrogens with one attached hydrogen (secondary N) is 1. The maximum Gasteiger partial charge on any atom is 0.193 e. The van der Waals surface area contributed by atoms with Crippen molar-refractivity contribution in [3.8, 4) is 0 Å². The molecular weight excluding hydrogens is 388 g/mol. The molecular formula is C20H36N6O2S. The molecule has 0 amide bonds. The summed E-state index contributed by atoms with van der Waals surface area (Å²) in [5.74, 6) is 2.60. The van der Waals surface area contributed by atoms with Crippen molar-refractivity contribution in [1.29, 1.82) is 0 Å². The first-order valence-corrected chi connectivity index (χ1v) is 12.0. The molecule has 164 valence electrons. The predicted octanol–water partition coefficient (Wildman–Crippen LogP) is 2.04. The van der Waals surface area contributed by atoms with Crippen LogP contribution in [0.25, 0.3) is 0 Å². The lowest BCUT2D eigenvalue weighted by Gasteiger charge is -2.37. The van der Waals surface area contributed by atoms with Crippen molar-refractivity contribution >= 4 is 17.7 Å². The van der Waals surface area contributed by atoms with Gasteiger partial charge in [0.1, 0.15) is 11.9 Å². The SMILES string of the molecule is CN=C(NCCCc1nnc(SC)n1CC(C)C)N1CCOC(C2CCCO2)C1. The summed E-state index contributed by atoms with van der Waals surface area (Å²) in [7, 11) is 1.85. The molecule has 2 saturated heterocycles. The van der Waals surface area contributed by atoms with Gasteiger partial charge in [0, 0.05) is 46.3 Å². The number of ether oxygens (including phenoxy) is 2. The van der Waals surface area contributed by atoms with Crippen LogP contribution in [0.15, 0.2) is 10.1 Å². The summed E-state index contributed by atoms with van der Waals surface area (Å²) in [5, 5.41) is 13.3. The highest BCUT2D eigenvalue weighted by Gasteiger charge is 2.32. The summed E-state index contributed by atoms with van der Waals surface area (Å²) in [6.07, 6.45) is 6.56. The van der Waals surface area contributed by atoms with Crippen LogP contribution in [0.1, 0.15) is 38.9 Å². The normalized spacial score (nSPS) is 23.2. The minimum absolute atomic E-state index is 0.143. The van der Waals surface area contributed by atoms with E-state index in [0.29, 0.717) is 5.92 Å². The van der Waals surface area contributed by atoms with Gasteiger partial charge in [0.15, 0.2) is 11.1 Å². The number of morpholine rings is 1. The van der Waals surface area contributed by atoms with E-state index in [-0.39, 0.29) is 12.2 Å². The fraction of sp³-hybridized carbons (Fsp3) is 0.850. The van der Waals surface area contributed by atoms with Gasteiger partial charge in [0.05, 0.1) is 12.7 Å². The van der Waals surface area contributed by atoms with Gasteiger partial charge in [-0.15, -0.1) is 10.2 Å². The molecule has 0 bridgehead atoms. The quantitative estimate of drug-likeness (QED) is 0.296. The number of rotatable bonds is 8. The van der Waals surface area contributed by atoms with Crippen LogP contribution in [0.2, 0.25) is 0 Å². The summed E-state index contributed by atoms with van der Waals surface area (Å²) in [4.78, 5) is 6.78. The molecule has 0 aliphatic carbocycles. The Hall–Kier alpha value is -1.32. The zero-order valence-electron chi connectivity index (χ0n) is 18.3. The maximum absolute atomic E-state index is 5.96. The van der Waals surface area contributed by atoms with E-state index in [1.807, 2.05) is 7.05 Å². The standard InChI is InChI=1S/C20H36N6O2S/c1-15(2)13-26-18(23-24-20(26)29-4)8-5-9-22-19(21-3)25-10-12-28-17(14-25)16-7-6-11-27-16/h15-17H,5-14H2,1-4H3,(H,21,22).